The quantitative estimate of drug-likeness (QED) is 0.535. The molecule has 2 aromatic carbocycles. The lowest BCUT2D eigenvalue weighted by Gasteiger charge is -2.31. The molecule has 0 heterocycles. The third kappa shape index (κ3) is 7.10. The number of rotatable bonds is 11. The summed E-state index contributed by atoms with van der Waals surface area (Å²) in [6.45, 7) is 6.33. The van der Waals surface area contributed by atoms with E-state index in [-0.39, 0.29) is 23.6 Å². The minimum atomic E-state index is -0.509. The molecule has 30 heavy (non-hydrogen) atoms. The van der Waals surface area contributed by atoms with E-state index in [4.69, 9.17) is 4.74 Å². The molecule has 0 spiro atoms. The maximum Gasteiger partial charge on any atom is 0.243 e. The summed E-state index contributed by atoms with van der Waals surface area (Å²) in [5.41, 5.74) is 0.962. The van der Waals surface area contributed by atoms with Crippen LogP contribution in [0.25, 0.3) is 0 Å². The van der Waals surface area contributed by atoms with Crippen molar-refractivity contribution in [3.63, 3.8) is 0 Å². The molecule has 6 heteroatoms. The van der Waals surface area contributed by atoms with Crippen molar-refractivity contribution < 1.29 is 14.3 Å². The second-order valence-electron chi connectivity index (χ2n) is 7.21. The molecular formula is C24H32N2O3S. The highest BCUT2D eigenvalue weighted by molar-refractivity contribution is 8.00. The van der Waals surface area contributed by atoms with Gasteiger partial charge in [-0.2, -0.15) is 0 Å². The van der Waals surface area contributed by atoms with Crippen molar-refractivity contribution in [3.8, 4) is 5.75 Å². The lowest BCUT2D eigenvalue weighted by Crippen LogP contribution is -2.51. The Morgan fingerprint density at radius 2 is 1.70 bits per heavy atom. The second-order valence-corrected chi connectivity index (χ2v) is 8.26. The molecule has 0 unspecified atom stereocenters. The third-order valence-corrected chi connectivity index (χ3v) is 6.00. The fourth-order valence-electron chi connectivity index (χ4n) is 3.03. The van der Waals surface area contributed by atoms with Crippen molar-refractivity contribution in [2.75, 3.05) is 12.9 Å². The summed E-state index contributed by atoms with van der Waals surface area (Å²) in [5, 5.41) is 3.03. The van der Waals surface area contributed by atoms with E-state index in [1.165, 1.54) is 11.8 Å². The average molecular weight is 429 g/mol. The van der Waals surface area contributed by atoms with Crippen LogP contribution in [-0.2, 0) is 16.1 Å². The summed E-state index contributed by atoms with van der Waals surface area (Å²) >= 11 is 1.49. The zero-order valence-corrected chi connectivity index (χ0v) is 19.1. The molecule has 0 aliphatic heterocycles. The number of hydrogen-bond donors (Lipinski definition) is 1. The third-order valence-electron chi connectivity index (χ3n) is 5.00. The monoisotopic (exact) mass is 428 g/mol. The molecule has 162 valence electrons. The van der Waals surface area contributed by atoms with Crippen molar-refractivity contribution >= 4 is 23.6 Å². The number of nitrogens with zero attached hydrogens (tertiary/aromatic N) is 1. The number of carbonyl (C=O) groups excluding carboxylic acids is 2. The van der Waals surface area contributed by atoms with Crippen molar-refractivity contribution in [2.45, 2.75) is 57.1 Å². The predicted molar refractivity (Wildman–Crippen MR) is 123 cm³/mol. The first kappa shape index (κ1) is 23.8. The van der Waals surface area contributed by atoms with Gasteiger partial charge in [-0.15, -0.1) is 11.8 Å². The van der Waals surface area contributed by atoms with Gasteiger partial charge in [0.15, 0.2) is 0 Å². The molecule has 0 aliphatic rings. The molecule has 0 fully saturated rings. The van der Waals surface area contributed by atoms with Crippen LogP contribution in [0.4, 0.5) is 0 Å². The van der Waals surface area contributed by atoms with E-state index < -0.39 is 6.04 Å². The molecule has 5 nitrogen and oxygen atoms in total. The molecule has 2 aromatic rings. The Labute approximate surface area is 184 Å². The summed E-state index contributed by atoms with van der Waals surface area (Å²) in [6.07, 6.45) is 1.40. The number of carbonyl (C=O) groups is 2. The number of nitrogens with one attached hydrogen (secondary N) is 1. The predicted octanol–water partition coefficient (Wildman–Crippen LogP) is 4.51. The normalized spacial score (nSPS) is 12.7. The van der Waals surface area contributed by atoms with Crippen LogP contribution in [0.1, 0.15) is 39.2 Å². The molecule has 0 bridgehead atoms. The molecule has 1 N–H and O–H groups in total. The van der Waals surface area contributed by atoms with Crippen LogP contribution in [-0.4, -0.2) is 41.7 Å². The summed E-state index contributed by atoms with van der Waals surface area (Å²) in [7, 11) is 1.62. The van der Waals surface area contributed by atoms with Crippen LogP contribution >= 0.6 is 11.8 Å². The van der Waals surface area contributed by atoms with Gasteiger partial charge in [0.2, 0.25) is 11.8 Å². The van der Waals surface area contributed by atoms with E-state index in [1.54, 1.807) is 12.0 Å². The largest absolute Gasteiger partial charge is 0.497 e. The zero-order valence-electron chi connectivity index (χ0n) is 18.3. The van der Waals surface area contributed by atoms with Crippen LogP contribution < -0.4 is 10.1 Å². The first-order valence-electron chi connectivity index (χ1n) is 10.4. The van der Waals surface area contributed by atoms with Gasteiger partial charge in [0.1, 0.15) is 11.8 Å². The SMILES string of the molecule is CC[C@@H](C)NC(=O)[C@H](CC)N(Cc1ccc(OC)cc1)C(=O)CSc1ccccc1. The van der Waals surface area contributed by atoms with E-state index >= 15 is 0 Å². The Hall–Kier alpha value is -2.47. The molecule has 2 rings (SSSR count). The Balaban J connectivity index is 2.19. The Bertz CT molecular complexity index is 796. The zero-order chi connectivity index (χ0) is 21.9. The van der Waals surface area contributed by atoms with Crippen molar-refractivity contribution in [1.29, 1.82) is 0 Å². The second kappa shape index (κ2) is 12.3. The van der Waals surface area contributed by atoms with Gasteiger partial charge in [-0.25, -0.2) is 0 Å². The molecule has 2 atom stereocenters. The van der Waals surface area contributed by atoms with Crippen molar-refractivity contribution in [2.24, 2.45) is 0 Å². The Kier molecular flexibility index (Phi) is 9.74. The highest BCUT2D eigenvalue weighted by Crippen LogP contribution is 2.21. The van der Waals surface area contributed by atoms with E-state index in [1.807, 2.05) is 75.4 Å². The molecular weight excluding hydrogens is 396 g/mol. The van der Waals surface area contributed by atoms with E-state index in [2.05, 4.69) is 5.32 Å². The average Bonchev–Trinajstić information content (AvgIpc) is 2.78. The molecule has 0 saturated heterocycles. The van der Waals surface area contributed by atoms with Gasteiger partial charge in [0.05, 0.1) is 12.9 Å². The first-order valence-corrected chi connectivity index (χ1v) is 11.4. The van der Waals surface area contributed by atoms with Crippen LogP contribution in [0, 0.1) is 0 Å². The van der Waals surface area contributed by atoms with Crippen LogP contribution in [0.2, 0.25) is 0 Å². The van der Waals surface area contributed by atoms with Crippen molar-refractivity contribution in [1.82, 2.24) is 10.2 Å². The summed E-state index contributed by atoms with van der Waals surface area (Å²) in [5.74, 6) is 0.898. The van der Waals surface area contributed by atoms with Crippen LogP contribution in [0.5, 0.6) is 5.75 Å². The van der Waals surface area contributed by atoms with Gasteiger partial charge in [-0.1, -0.05) is 44.2 Å². The maximum atomic E-state index is 13.2. The number of ether oxygens (including phenoxy) is 1. The molecule has 0 aliphatic carbocycles. The van der Waals surface area contributed by atoms with Gasteiger partial charge < -0.3 is 15.0 Å². The minimum Gasteiger partial charge on any atom is -0.497 e. The molecule has 2 amide bonds. The lowest BCUT2D eigenvalue weighted by molar-refractivity contribution is -0.139. The van der Waals surface area contributed by atoms with Gasteiger partial charge in [0, 0.05) is 17.5 Å². The minimum absolute atomic E-state index is 0.0502. The number of benzene rings is 2. The number of methoxy groups -OCH3 is 1. The van der Waals surface area contributed by atoms with Gasteiger partial charge in [-0.05, 0) is 49.6 Å². The highest BCUT2D eigenvalue weighted by Gasteiger charge is 2.29. The van der Waals surface area contributed by atoms with Crippen molar-refractivity contribution in [3.05, 3.63) is 60.2 Å². The van der Waals surface area contributed by atoms with E-state index in [9.17, 15) is 9.59 Å². The number of amides is 2. The van der Waals surface area contributed by atoms with Gasteiger partial charge >= 0.3 is 0 Å². The van der Waals surface area contributed by atoms with Crippen LogP contribution in [0.15, 0.2) is 59.5 Å². The molecule has 0 saturated carbocycles. The summed E-state index contributed by atoms with van der Waals surface area (Å²) in [4.78, 5) is 28.9. The summed E-state index contributed by atoms with van der Waals surface area (Å²) < 4.78 is 5.22. The van der Waals surface area contributed by atoms with E-state index in [0.29, 0.717) is 13.0 Å². The summed E-state index contributed by atoms with van der Waals surface area (Å²) in [6, 6.07) is 17.0. The lowest BCUT2D eigenvalue weighted by atomic mass is 10.1. The first-order chi connectivity index (χ1) is 14.5. The fraction of sp³-hybridized carbons (Fsp3) is 0.417. The van der Waals surface area contributed by atoms with Gasteiger partial charge in [-0.3, -0.25) is 9.59 Å². The Morgan fingerprint density at radius 3 is 2.27 bits per heavy atom. The topological polar surface area (TPSA) is 58.6 Å². The van der Waals surface area contributed by atoms with E-state index in [0.717, 1.165) is 22.6 Å². The Morgan fingerprint density at radius 1 is 1.03 bits per heavy atom. The number of hydrogen-bond acceptors (Lipinski definition) is 4. The number of thioether (sulfide) groups is 1. The molecule has 0 aromatic heterocycles. The fourth-order valence-corrected chi connectivity index (χ4v) is 3.84. The smallest absolute Gasteiger partial charge is 0.243 e. The maximum absolute atomic E-state index is 13.2. The van der Waals surface area contributed by atoms with Gasteiger partial charge in [0.25, 0.3) is 0 Å². The standard InChI is InChI=1S/C24H32N2O3S/c1-5-18(3)25-24(28)22(6-2)26(16-19-12-14-20(29-4)15-13-19)23(27)17-30-21-10-8-7-9-11-21/h7-15,18,22H,5-6,16-17H2,1-4H3,(H,25,28)/t18-,22+/m1/s1. The molecule has 0 radical (unpaired) electrons. The highest BCUT2D eigenvalue weighted by atomic mass is 32.2. The van der Waals surface area contributed by atoms with Crippen LogP contribution in [0.3, 0.4) is 0 Å².